The fourth-order valence-electron chi connectivity index (χ4n) is 2.07. The summed E-state index contributed by atoms with van der Waals surface area (Å²) in [4.78, 5) is 11.7. The SMILES string of the molecule is O=C1Nc2c(Br)cc(O)cc2C12CC2. The van der Waals surface area contributed by atoms with Crippen molar-refractivity contribution in [2.45, 2.75) is 18.3 Å². The van der Waals surface area contributed by atoms with Crippen LogP contribution < -0.4 is 5.32 Å². The van der Waals surface area contributed by atoms with Crippen LogP contribution in [0.25, 0.3) is 0 Å². The second kappa shape index (κ2) is 2.31. The van der Waals surface area contributed by atoms with E-state index in [0.29, 0.717) is 0 Å². The lowest BCUT2D eigenvalue weighted by Gasteiger charge is -2.05. The molecule has 1 aromatic rings. The van der Waals surface area contributed by atoms with Gasteiger partial charge in [-0.1, -0.05) is 0 Å². The zero-order chi connectivity index (χ0) is 9.92. The normalized spacial score (nSPS) is 20.8. The predicted molar refractivity (Wildman–Crippen MR) is 55.3 cm³/mol. The van der Waals surface area contributed by atoms with Gasteiger partial charge in [-0.25, -0.2) is 0 Å². The summed E-state index contributed by atoms with van der Waals surface area (Å²) in [7, 11) is 0. The third-order valence-corrected chi connectivity index (χ3v) is 3.64. The van der Waals surface area contributed by atoms with E-state index < -0.39 is 0 Å². The number of benzene rings is 1. The van der Waals surface area contributed by atoms with Crippen molar-refractivity contribution in [3.05, 3.63) is 22.2 Å². The first-order valence-corrected chi connectivity index (χ1v) is 5.27. The fraction of sp³-hybridized carbons (Fsp3) is 0.300. The number of phenolic OH excluding ortho intramolecular Hbond substituents is 1. The third kappa shape index (κ3) is 0.843. The fourth-order valence-corrected chi connectivity index (χ4v) is 2.62. The molecular formula is C10H8BrNO2. The van der Waals surface area contributed by atoms with Crippen molar-refractivity contribution >= 4 is 27.5 Å². The number of carbonyl (C=O) groups is 1. The Kier molecular flexibility index (Phi) is 1.37. The molecule has 0 radical (unpaired) electrons. The molecule has 3 nitrogen and oxygen atoms in total. The van der Waals surface area contributed by atoms with Gasteiger partial charge in [0.25, 0.3) is 0 Å². The maximum Gasteiger partial charge on any atom is 0.235 e. The second-order valence-electron chi connectivity index (χ2n) is 3.89. The highest BCUT2D eigenvalue weighted by molar-refractivity contribution is 9.10. The van der Waals surface area contributed by atoms with E-state index >= 15 is 0 Å². The highest BCUT2D eigenvalue weighted by Gasteiger charge is 2.56. The van der Waals surface area contributed by atoms with E-state index in [9.17, 15) is 9.90 Å². The van der Waals surface area contributed by atoms with Crippen LogP contribution in [0.1, 0.15) is 18.4 Å². The molecule has 1 spiro atoms. The van der Waals surface area contributed by atoms with Gasteiger partial charge in [-0.3, -0.25) is 4.79 Å². The highest BCUT2D eigenvalue weighted by atomic mass is 79.9. The smallest absolute Gasteiger partial charge is 0.235 e. The van der Waals surface area contributed by atoms with Crippen molar-refractivity contribution in [1.82, 2.24) is 0 Å². The molecule has 0 bridgehead atoms. The predicted octanol–water partition coefficient (Wildman–Crippen LogP) is 2.14. The minimum Gasteiger partial charge on any atom is -0.508 e. The number of amides is 1. The lowest BCUT2D eigenvalue weighted by molar-refractivity contribution is -0.117. The first-order chi connectivity index (χ1) is 6.63. The molecule has 72 valence electrons. The largest absolute Gasteiger partial charge is 0.508 e. The standard InChI is InChI=1S/C10H8BrNO2/c11-7-4-5(13)3-6-8(7)12-9(14)10(6)1-2-10/h3-4,13H,1-2H2,(H,12,14). The Bertz CT molecular complexity index is 452. The Balaban J connectivity index is 2.28. The van der Waals surface area contributed by atoms with E-state index in [1.54, 1.807) is 12.1 Å². The minimum atomic E-state index is -0.323. The molecule has 0 aromatic heterocycles. The van der Waals surface area contributed by atoms with Crippen molar-refractivity contribution in [3.8, 4) is 5.75 Å². The number of rotatable bonds is 0. The number of nitrogens with one attached hydrogen (secondary N) is 1. The van der Waals surface area contributed by atoms with Gasteiger partial charge in [0.1, 0.15) is 5.75 Å². The molecule has 1 fully saturated rings. The number of anilines is 1. The van der Waals surface area contributed by atoms with Gasteiger partial charge < -0.3 is 10.4 Å². The van der Waals surface area contributed by atoms with E-state index in [2.05, 4.69) is 21.2 Å². The Labute approximate surface area is 89.3 Å². The van der Waals surface area contributed by atoms with E-state index in [1.165, 1.54) is 0 Å². The molecule has 14 heavy (non-hydrogen) atoms. The number of aromatic hydroxyl groups is 1. The van der Waals surface area contributed by atoms with Crippen LogP contribution in [0.15, 0.2) is 16.6 Å². The van der Waals surface area contributed by atoms with E-state index in [1.807, 2.05) is 0 Å². The number of carbonyl (C=O) groups excluding carboxylic acids is 1. The third-order valence-electron chi connectivity index (χ3n) is 3.01. The summed E-state index contributed by atoms with van der Waals surface area (Å²) in [5, 5.41) is 12.3. The maximum atomic E-state index is 11.7. The summed E-state index contributed by atoms with van der Waals surface area (Å²) in [6.07, 6.45) is 1.78. The second-order valence-corrected chi connectivity index (χ2v) is 4.74. The first kappa shape index (κ1) is 8.29. The molecule has 1 aliphatic heterocycles. The zero-order valence-electron chi connectivity index (χ0n) is 7.30. The Hall–Kier alpha value is -1.03. The summed E-state index contributed by atoms with van der Waals surface area (Å²) in [6, 6.07) is 3.28. The number of halogens is 1. The van der Waals surface area contributed by atoms with Gasteiger partial charge in [0, 0.05) is 4.47 Å². The molecule has 4 heteroatoms. The van der Waals surface area contributed by atoms with Crippen molar-refractivity contribution in [2.75, 3.05) is 5.32 Å². The first-order valence-electron chi connectivity index (χ1n) is 4.48. The molecule has 3 rings (SSSR count). The summed E-state index contributed by atoms with van der Waals surface area (Å²) in [5.41, 5.74) is 1.44. The molecular weight excluding hydrogens is 246 g/mol. The van der Waals surface area contributed by atoms with E-state index in [4.69, 9.17) is 0 Å². The Morgan fingerprint density at radius 1 is 1.43 bits per heavy atom. The molecule has 1 saturated carbocycles. The minimum absolute atomic E-state index is 0.0683. The molecule has 1 heterocycles. The molecule has 0 unspecified atom stereocenters. The number of hydrogen-bond acceptors (Lipinski definition) is 2. The van der Waals surface area contributed by atoms with Gasteiger partial charge >= 0.3 is 0 Å². The van der Waals surface area contributed by atoms with E-state index in [0.717, 1.165) is 28.6 Å². The van der Waals surface area contributed by atoms with Crippen LogP contribution in [-0.2, 0) is 10.2 Å². The highest BCUT2D eigenvalue weighted by Crippen LogP contribution is 2.57. The Morgan fingerprint density at radius 2 is 2.14 bits per heavy atom. The lowest BCUT2D eigenvalue weighted by Crippen LogP contribution is -2.18. The molecule has 2 aliphatic rings. The lowest BCUT2D eigenvalue weighted by atomic mass is 9.98. The average molecular weight is 254 g/mol. The average Bonchev–Trinajstić information content (AvgIpc) is 2.84. The van der Waals surface area contributed by atoms with Gasteiger partial charge in [-0.15, -0.1) is 0 Å². The van der Waals surface area contributed by atoms with Crippen LogP contribution in [0.4, 0.5) is 5.69 Å². The monoisotopic (exact) mass is 253 g/mol. The Morgan fingerprint density at radius 3 is 2.79 bits per heavy atom. The van der Waals surface area contributed by atoms with Crippen molar-refractivity contribution in [2.24, 2.45) is 0 Å². The molecule has 1 aliphatic carbocycles. The van der Waals surface area contributed by atoms with Crippen LogP contribution in [0, 0.1) is 0 Å². The van der Waals surface area contributed by atoms with Crippen molar-refractivity contribution in [3.63, 3.8) is 0 Å². The van der Waals surface area contributed by atoms with Crippen LogP contribution in [0.5, 0.6) is 5.75 Å². The topological polar surface area (TPSA) is 49.3 Å². The van der Waals surface area contributed by atoms with Crippen molar-refractivity contribution in [1.29, 1.82) is 0 Å². The summed E-state index contributed by atoms with van der Waals surface area (Å²) >= 11 is 3.33. The van der Waals surface area contributed by atoms with Gasteiger partial charge in [-0.05, 0) is 46.5 Å². The quantitative estimate of drug-likeness (QED) is 0.697. The summed E-state index contributed by atoms with van der Waals surface area (Å²) in [6.45, 7) is 0. The number of hydrogen-bond donors (Lipinski definition) is 2. The van der Waals surface area contributed by atoms with Crippen molar-refractivity contribution < 1.29 is 9.90 Å². The summed E-state index contributed by atoms with van der Waals surface area (Å²) in [5.74, 6) is 0.275. The molecule has 1 amide bonds. The van der Waals surface area contributed by atoms with Crippen LogP contribution >= 0.6 is 15.9 Å². The molecule has 2 N–H and O–H groups in total. The number of fused-ring (bicyclic) bond motifs is 2. The van der Waals surface area contributed by atoms with Crippen LogP contribution in [0.2, 0.25) is 0 Å². The zero-order valence-corrected chi connectivity index (χ0v) is 8.89. The molecule has 0 saturated heterocycles. The van der Waals surface area contributed by atoms with Gasteiger partial charge in [-0.2, -0.15) is 0 Å². The molecule has 1 aromatic carbocycles. The molecule has 0 atom stereocenters. The number of phenols is 1. The van der Waals surface area contributed by atoms with Crippen LogP contribution in [-0.4, -0.2) is 11.0 Å². The van der Waals surface area contributed by atoms with Gasteiger partial charge in [0.2, 0.25) is 5.91 Å². The van der Waals surface area contributed by atoms with E-state index in [-0.39, 0.29) is 17.1 Å². The maximum absolute atomic E-state index is 11.7. The van der Waals surface area contributed by atoms with Crippen LogP contribution in [0.3, 0.4) is 0 Å². The van der Waals surface area contributed by atoms with Gasteiger partial charge in [0.05, 0.1) is 11.1 Å². The summed E-state index contributed by atoms with van der Waals surface area (Å²) < 4.78 is 0.754. The van der Waals surface area contributed by atoms with Gasteiger partial charge in [0.15, 0.2) is 0 Å².